The number of thiazole rings is 1. The number of hydrogen-bond acceptors (Lipinski definition) is 5. The molecule has 2 aromatic carbocycles. The molecule has 0 radical (unpaired) electrons. The van der Waals surface area contributed by atoms with Gasteiger partial charge in [0.25, 0.3) is 11.1 Å². The van der Waals surface area contributed by atoms with E-state index in [0.717, 1.165) is 10.2 Å². The van der Waals surface area contributed by atoms with Crippen molar-refractivity contribution in [3.63, 3.8) is 0 Å². The van der Waals surface area contributed by atoms with Gasteiger partial charge >= 0.3 is 0 Å². The lowest BCUT2D eigenvalue weighted by Crippen LogP contribution is -2.41. The monoisotopic (exact) mass is 420 g/mol. The number of amides is 1. The first-order valence-electron chi connectivity index (χ1n) is 8.89. The van der Waals surface area contributed by atoms with Crippen LogP contribution in [0.15, 0.2) is 36.4 Å². The number of hydrogen-bond donors (Lipinski definition) is 0. The Labute approximate surface area is 170 Å². The largest absolute Gasteiger partial charge is 0.496 e. The van der Waals surface area contributed by atoms with Crippen molar-refractivity contribution in [2.75, 3.05) is 20.2 Å². The van der Waals surface area contributed by atoms with Crippen LogP contribution in [0.1, 0.15) is 23.2 Å². The van der Waals surface area contributed by atoms with Gasteiger partial charge in [0.1, 0.15) is 17.7 Å². The lowest BCUT2D eigenvalue weighted by molar-refractivity contribution is 0.0592. The van der Waals surface area contributed by atoms with E-state index in [0.29, 0.717) is 47.5 Å². The Morgan fingerprint density at radius 3 is 2.79 bits per heavy atom. The summed E-state index contributed by atoms with van der Waals surface area (Å²) in [6, 6.07) is 9.52. The molecule has 1 aromatic heterocycles. The van der Waals surface area contributed by atoms with Crippen LogP contribution in [0, 0.1) is 5.82 Å². The molecule has 0 aliphatic carbocycles. The van der Waals surface area contributed by atoms with Gasteiger partial charge < -0.3 is 14.4 Å². The van der Waals surface area contributed by atoms with Crippen LogP contribution in [0.4, 0.5) is 4.39 Å². The van der Waals surface area contributed by atoms with Crippen LogP contribution in [-0.2, 0) is 0 Å². The third-order valence-corrected chi connectivity index (χ3v) is 5.86. The normalized spacial score (nSPS) is 15.0. The molecule has 1 fully saturated rings. The zero-order valence-electron chi connectivity index (χ0n) is 15.2. The average Bonchev–Trinajstić information content (AvgIpc) is 3.09. The Kier molecular flexibility index (Phi) is 5.37. The highest BCUT2D eigenvalue weighted by Gasteiger charge is 2.27. The van der Waals surface area contributed by atoms with Crippen molar-refractivity contribution in [3.8, 4) is 10.9 Å². The lowest BCUT2D eigenvalue weighted by atomic mass is 10.1. The zero-order valence-corrected chi connectivity index (χ0v) is 16.7. The van der Waals surface area contributed by atoms with Crippen molar-refractivity contribution in [1.82, 2.24) is 9.88 Å². The Morgan fingerprint density at radius 1 is 1.25 bits per heavy atom. The molecule has 146 valence electrons. The summed E-state index contributed by atoms with van der Waals surface area (Å²) >= 11 is 7.37. The van der Waals surface area contributed by atoms with Crippen molar-refractivity contribution in [1.29, 1.82) is 0 Å². The molecular formula is C20H18ClFN2O3S. The fourth-order valence-electron chi connectivity index (χ4n) is 3.26. The minimum atomic E-state index is -0.286. The SMILES string of the molecule is COc1ccc(Cl)cc1C(=O)N1CCC(Oc2nc3ccc(F)cc3s2)CC1. The highest BCUT2D eigenvalue weighted by molar-refractivity contribution is 7.20. The highest BCUT2D eigenvalue weighted by Crippen LogP contribution is 2.31. The van der Waals surface area contributed by atoms with Crippen LogP contribution in [-0.4, -0.2) is 42.1 Å². The number of nitrogens with zero attached hydrogens (tertiary/aromatic N) is 2. The van der Waals surface area contributed by atoms with E-state index in [1.807, 2.05) is 0 Å². The summed E-state index contributed by atoms with van der Waals surface area (Å²) in [6.07, 6.45) is 1.35. The van der Waals surface area contributed by atoms with Crippen LogP contribution in [0.2, 0.25) is 5.02 Å². The van der Waals surface area contributed by atoms with E-state index < -0.39 is 0 Å². The minimum absolute atomic E-state index is 0.0317. The van der Waals surface area contributed by atoms with Crippen molar-refractivity contribution in [3.05, 3.63) is 52.8 Å². The van der Waals surface area contributed by atoms with Gasteiger partial charge in [-0.05, 0) is 36.4 Å². The summed E-state index contributed by atoms with van der Waals surface area (Å²) in [4.78, 5) is 19.0. The van der Waals surface area contributed by atoms with Crippen LogP contribution < -0.4 is 9.47 Å². The number of aromatic nitrogens is 1. The minimum Gasteiger partial charge on any atom is -0.496 e. The van der Waals surface area contributed by atoms with Gasteiger partial charge in [-0.3, -0.25) is 4.79 Å². The third-order valence-electron chi connectivity index (χ3n) is 4.72. The number of halogens is 2. The Balaban J connectivity index is 1.40. The molecule has 1 aliphatic heterocycles. The second-order valence-electron chi connectivity index (χ2n) is 6.55. The number of rotatable bonds is 4. The topological polar surface area (TPSA) is 51.7 Å². The molecule has 0 spiro atoms. The van der Waals surface area contributed by atoms with Crippen LogP contribution in [0.3, 0.4) is 0 Å². The van der Waals surface area contributed by atoms with E-state index in [4.69, 9.17) is 21.1 Å². The molecule has 0 unspecified atom stereocenters. The fourth-order valence-corrected chi connectivity index (χ4v) is 4.34. The van der Waals surface area contributed by atoms with Gasteiger partial charge in [-0.1, -0.05) is 22.9 Å². The van der Waals surface area contributed by atoms with E-state index in [1.54, 1.807) is 29.2 Å². The van der Waals surface area contributed by atoms with Crippen molar-refractivity contribution in [2.24, 2.45) is 0 Å². The second kappa shape index (κ2) is 7.93. The predicted molar refractivity (Wildman–Crippen MR) is 107 cm³/mol. The van der Waals surface area contributed by atoms with Crippen LogP contribution >= 0.6 is 22.9 Å². The van der Waals surface area contributed by atoms with Crippen LogP contribution in [0.5, 0.6) is 10.9 Å². The summed E-state index contributed by atoms with van der Waals surface area (Å²) in [5, 5.41) is 1.02. The first-order valence-corrected chi connectivity index (χ1v) is 10.1. The molecule has 1 amide bonds. The smallest absolute Gasteiger partial charge is 0.274 e. The van der Waals surface area contributed by atoms with Crippen molar-refractivity contribution >= 4 is 39.1 Å². The molecule has 0 bridgehead atoms. The number of ether oxygens (including phenoxy) is 2. The van der Waals surface area contributed by atoms with Gasteiger partial charge in [-0.25, -0.2) is 9.37 Å². The number of fused-ring (bicyclic) bond motifs is 1. The van der Waals surface area contributed by atoms with Gasteiger partial charge in [0.15, 0.2) is 0 Å². The van der Waals surface area contributed by atoms with Gasteiger partial charge in [0.05, 0.1) is 22.9 Å². The Hall–Kier alpha value is -2.38. The number of piperidine rings is 1. The molecule has 1 aliphatic rings. The van der Waals surface area contributed by atoms with E-state index in [1.165, 1.54) is 30.6 Å². The molecule has 0 N–H and O–H groups in total. The van der Waals surface area contributed by atoms with E-state index in [2.05, 4.69) is 4.98 Å². The van der Waals surface area contributed by atoms with E-state index in [9.17, 15) is 9.18 Å². The molecule has 0 saturated carbocycles. The highest BCUT2D eigenvalue weighted by atomic mass is 35.5. The standard InChI is InChI=1S/C20H18ClFN2O3S/c1-26-17-5-2-12(21)10-15(17)19(25)24-8-6-14(7-9-24)27-20-23-16-4-3-13(22)11-18(16)28-20/h2-5,10-11,14H,6-9H2,1H3. The molecule has 5 nitrogen and oxygen atoms in total. The quantitative estimate of drug-likeness (QED) is 0.609. The maximum atomic E-state index is 13.3. The molecular weight excluding hydrogens is 403 g/mol. The Bertz CT molecular complexity index is 1020. The summed E-state index contributed by atoms with van der Waals surface area (Å²) in [5.74, 6) is 0.119. The molecule has 0 atom stereocenters. The zero-order chi connectivity index (χ0) is 19.7. The number of likely N-dealkylation sites (tertiary alicyclic amines) is 1. The summed E-state index contributed by atoms with van der Waals surface area (Å²) < 4.78 is 25.3. The van der Waals surface area contributed by atoms with Gasteiger partial charge in [0, 0.05) is 31.0 Å². The number of carbonyl (C=O) groups excluding carboxylic acids is 1. The van der Waals surface area contributed by atoms with E-state index in [-0.39, 0.29) is 17.8 Å². The molecule has 3 aromatic rings. The molecule has 28 heavy (non-hydrogen) atoms. The number of benzene rings is 2. The van der Waals surface area contributed by atoms with Crippen LogP contribution in [0.25, 0.3) is 10.2 Å². The molecule has 1 saturated heterocycles. The predicted octanol–water partition coefficient (Wildman–Crippen LogP) is 4.78. The summed E-state index contributed by atoms with van der Waals surface area (Å²) in [6.45, 7) is 1.14. The van der Waals surface area contributed by atoms with E-state index >= 15 is 0 Å². The average molecular weight is 421 g/mol. The van der Waals surface area contributed by atoms with Gasteiger partial charge in [0.2, 0.25) is 0 Å². The summed E-state index contributed by atoms with van der Waals surface area (Å²) in [7, 11) is 1.53. The first-order chi connectivity index (χ1) is 13.5. The van der Waals surface area contributed by atoms with Crippen molar-refractivity contribution in [2.45, 2.75) is 18.9 Å². The Morgan fingerprint density at radius 2 is 2.04 bits per heavy atom. The maximum Gasteiger partial charge on any atom is 0.274 e. The van der Waals surface area contributed by atoms with Gasteiger partial charge in [-0.2, -0.15) is 0 Å². The van der Waals surface area contributed by atoms with Gasteiger partial charge in [-0.15, -0.1) is 0 Å². The second-order valence-corrected chi connectivity index (χ2v) is 7.98. The molecule has 2 heterocycles. The molecule has 8 heteroatoms. The fraction of sp³-hybridized carbons (Fsp3) is 0.300. The first kappa shape index (κ1) is 19.0. The van der Waals surface area contributed by atoms with Crippen molar-refractivity contribution < 1.29 is 18.7 Å². The lowest BCUT2D eigenvalue weighted by Gasteiger charge is -2.32. The third kappa shape index (κ3) is 3.91. The number of methoxy groups -OCH3 is 1. The maximum absolute atomic E-state index is 13.3. The molecule has 4 rings (SSSR count). The summed E-state index contributed by atoms with van der Waals surface area (Å²) in [5.41, 5.74) is 1.18. The number of carbonyl (C=O) groups is 1.